The number of imidazole rings is 1. The first-order chi connectivity index (χ1) is 14.1. The van der Waals surface area contributed by atoms with Crippen LogP contribution in [0.15, 0.2) is 55.0 Å². The monoisotopic (exact) mass is 389 g/mol. The average Bonchev–Trinajstić information content (AvgIpc) is 3.05. The fourth-order valence-corrected chi connectivity index (χ4v) is 2.99. The van der Waals surface area contributed by atoms with Gasteiger partial charge in [-0.05, 0) is 45.3 Å². The van der Waals surface area contributed by atoms with Gasteiger partial charge in [-0.25, -0.2) is 19.9 Å². The number of pyridine rings is 1. The Morgan fingerprint density at radius 3 is 2.69 bits per heavy atom. The number of ether oxygens (including phenoxy) is 1. The van der Waals surface area contributed by atoms with E-state index in [9.17, 15) is 0 Å². The third kappa shape index (κ3) is 4.33. The molecule has 29 heavy (non-hydrogen) atoms. The molecular weight excluding hydrogens is 366 g/mol. The molecule has 0 radical (unpaired) electrons. The van der Waals surface area contributed by atoms with Crippen molar-refractivity contribution in [3.8, 4) is 11.6 Å². The summed E-state index contributed by atoms with van der Waals surface area (Å²) in [5.74, 6) is 3.69. The van der Waals surface area contributed by atoms with Crippen LogP contribution in [0.1, 0.15) is 5.82 Å². The molecule has 8 nitrogen and oxygen atoms in total. The molecule has 0 aliphatic heterocycles. The average molecular weight is 389 g/mol. The molecule has 0 fully saturated rings. The molecule has 0 amide bonds. The molecule has 8 heteroatoms. The molecule has 4 rings (SSSR count). The Hall–Kier alpha value is -3.52. The lowest BCUT2D eigenvalue weighted by Crippen LogP contribution is -2.19. The highest BCUT2D eigenvalue weighted by atomic mass is 16.5. The van der Waals surface area contributed by atoms with E-state index in [-0.39, 0.29) is 0 Å². The first kappa shape index (κ1) is 18.8. The lowest BCUT2D eigenvalue weighted by molar-refractivity contribution is 0.260. The van der Waals surface area contributed by atoms with Crippen molar-refractivity contribution >= 4 is 22.7 Å². The minimum absolute atomic E-state index is 0.620. The maximum Gasteiger partial charge on any atom is 0.144 e. The Balaban J connectivity index is 1.51. The predicted octanol–water partition coefficient (Wildman–Crippen LogP) is 3.20. The van der Waals surface area contributed by atoms with Gasteiger partial charge in [0.25, 0.3) is 0 Å². The second kappa shape index (κ2) is 8.24. The number of rotatable bonds is 7. The van der Waals surface area contributed by atoms with Gasteiger partial charge < -0.3 is 15.0 Å². The molecule has 0 aliphatic carbocycles. The van der Waals surface area contributed by atoms with Gasteiger partial charge in [-0.3, -0.25) is 4.57 Å². The SMILES string of the molecule is Cc1nc2ccccc2n1-c1cc(Nc2ccc(OCCN(C)C)cn2)ncn1. The van der Waals surface area contributed by atoms with Gasteiger partial charge in [0.2, 0.25) is 0 Å². The topological polar surface area (TPSA) is 81.0 Å². The van der Waals surface area contributed by atoms with Crippen molar-refractivity contribution in [2.75, 3.05) is 32.6 Å². The molecule has 1 aromatic carbocycles. The highest BCUT2D eigenvalue weighted by Gasteiger charge is 2.11. The number of anilines is 2. The molecule has 1 N–H and O–H groups in total. The van der Waals surface area contributed by atoms with Gasteiger partial charge in [0, 0.05) is 12.6 Å². The van der Waals surface area contributed by atoms with Crippen molar-refractivity contribution in [1.82, 2.24) is 29.4 Å². The first-order valence-corrected chi connectivity index (χ1v) is 9.37. The second-order valence-electron chi connectivity index (χ2n) is 6.90. The quantitative estimate of drug-likeness (QED) is 0.520. The molecule has 3 heterocycles. The van der Waals surface area contributed by atoms with E-state index in [0.717, 1.165) is 35.0 Å². The number of hydrogen-bond acceptors (Lipinski definition) is 7. The van der Waals surface area contributed by atoms with Gasteiger partial charge in [-0.2, -0.15) is 0 Å². The van der Waals surface area contributed by atoms with Crippen molar-refractivity contribution in [1.29, 1.82) is 0 Å². The van der Waals surface area contributed by atoms with Gasteiger partial charge >= 0.3 is 0 Å². The summed E-state index contributed by atoms with van der Waals surface area (Å²) < 4.78 is 7.69. The maximum absolute atomic E-state index is 5.68. The number of hydrogen-bond donors (Lipinski definition) is 1. The maximum atomic E-state index is 5.68. The van der Waals surface area contributed by atoms with Crippen LogP contribution in [0.5, 0.6) is 5.75 Å². The standard InChI is InChI=1S/C21H23N7O/c1-15-25-17-6-4-5-7-18(17)28(15)21-12-20(23-14-24-21)26-19-9-8-16(13-22-19)29-11-10-27(2)3/h4-9,12-14H,10-11H2,1-3H3,(H,22,23,24,26). The Labute approximate surface area is 169 Å². The van der Waals surface area contributed by atoms with Crippen molar-refractivity contribution < 1.29 is 4.74 Å². The zero-order chi connectivity index (χ0) is 20.2. The Morgan fingerprint density at radius 1 is 1.03 bits per heavy atom. The number of aryl methyl sites for hydroxylation is 1. The fourth-order valence-electron chi connectivity index (χ4n) is 2.99. The molecule has 0 bridgehead atoms. The zero-order valence-corrected chi connectivity index (χ0v) is 16.7. The third-order valence-electron chi connectivity index (χ3n) is 4.41. The Morgan fingerprint density at radius 2 is 1.90 bits per heavy atom. The van der Waals surface area contributed by atoms with Crippen LogP contribution in [-0.4, -0.2) is 56.6 Å². The van der Waals surface area contributed by atoms with Crippen LogP contribution in [-0.2, 0) is 0 Å². The van der Waals surface area contributed by atoms with Crippen molar-refractivity contribution in [2.45, 2.75) is 6.92 Å². The Bertz CT molecular complexity index is 1110. The van der Waals surface area contributed by atoms with E-state index < -0.39 is 0 Å². The van der Waals surface area contributed by atoms with Crippen molar-refractivity contribution in [3.05, 3.63) is 60.8 Å². The summed E-state index contributed by atoms with van der Waals surface area (Å²) in [6.07, 6.45) is 3.23. The molecule has 0 spiro atoms. The van der Waals surface area contributed by atoms with Crippen LogP contribution in [0.2, 0.25) is 0 Å². The lowest BCUT2D eigenvalue weighted by atomic mass is 10.3. The molecule has 3 aromatic heterocycles. The summed E-state index contributed by atoms with van der Waals surface area (Å²) >= 11 is 0. The van der Waals surface area contributed by atoms with Gasteiger partial charge in [-0.1, -0.05) is 12.1 Å². The summed E-state index contributed by atoms with van der Waals surface area (Å²) in [5.41, 5.74) is 1.94. The highest BCUT2D eigenvalue weighted by molar-refractivity contribution is 5.78. The summed E-state index contributed by atoms with van der Waals surface area (Å²) in [5, 5.41) is 3.22. The van der Waals surface area contributed by atoms with E-state index in [1.807, 2.05) is 68.1 Å². The van der Waals surface area contributed by atoms with E-state index in [0.29, 0.717) is 18.2 Å². The van der Waals surface area contributed by atoms with E-state index in [2.05, 4.69) is 30.2 Å². The summed E-state index contributed by atoms with van der Waals surface area (Å²) in [7, 11) is 4.03. The van der Waals surface area contributed by atoms with Crippen LogP contribution in [0.25, 0.3) is 16.9 Å². The lowest BCUT2D eigenvalue weighted by Gasteiger charge is -2.11. The van der Waals surface area contributed by atoms with Crippen LogP contribution in [0.3, 0.4) is 0 Å². The second-order valence-corrected chi connectivity index (χ2v) is 6.90. The minimum atomic E-state index is 0.620. The molecule has 148 valence electrons. The minimum Gasteiger partial charge on any atom is -0.491 e. The number of nitrogens with one attached hydrogen (secondary N) is 1. The molecular formula is C21H23N7O. The van der Waals surface area contributed by atoms with E-state index in [4.69, 9.17) is 4.74 Å². The number of likely N-dealkylation sites (N-methyl/N-ethyl adjacent to an activating group) is 1. The van der Waals surface area contributed by atoms with E-state index in [1.165, 1.54) is 6.33 Å². The van der Waals surface area contributed by atoms with Crippen LogP contribution < -0.4 is 10.1 Å². The summed E-state index contributed by atoms with van der Waals surface area (Å²) in [4.78, 5) is 19.8. The smallest absolute Gasteiger partial charge is 0.144 e. The molecule has 4 aromatic rings. The predicted molar refractivity (Wildman–Crippen MR) is 113 cm³/mol. The zero-order valence-electron chi connectivity index (χ0n) is 16.7. The van der Waals surface area contributed by atoms with Gasteiger partial charge in [-0.15, -0.1) is 0 Å². The number of fused-ring (bicyclic) bond motifs is 1. The van der Waals surface area contributed by atoms with Gasteiger partial charge in [0.15, 0.2) is 0 Å². The number of para-hydroxylation sites is 2. The normalized spacial score (nSPS) is 11.2. The van der Waals surface area contributed by atoms with Crippen LogP contribution >= 0.6 is 0 Å². The number of nitrogens with zero attached hydrogens (tertiary/aromatic N) is 6. The first-order valence-electron chi connectivity index (χ1n) is 9.37. The number of benzene rings is 1. The van der Waals surface area contributed by atoms with Gasteiger partial charge in [0.05, 0.1) is 17.2 Å². The Kier molecular flexibility index (Phi) is 5.35. The third-order valence-corrected chi connectivity index (χ3v) is 4.41. The molecule has 0 saturated heterocycles. The van der Waals surface area contributed by atoms with E-state index >= 15 is 0 Å². The molecule has 0 saturated carbocycles. The van der Waals surface area contributed by atoms with Crippen LogP contribution in [0, 0.1) is 6.92 Å². The number of aromatic nitrogens is 5. The fraction of sp³-hybridized carbons (Fsp3) is 0.238. The van der Waals surface area contributed by atoms with Crippen molar-refractivity contribution in [2.24, 2.45) is 0 Å². The summed E-state index contributed by atoms with van der Waals surface area (Å²) in [6.45, 7) is 3.44. The van der Waals surface area contributed by atoms with Gasteiger partial charge in [0.1, 0.15) is 42.0 Å². The van der Waals surface area contributed by atoms with Crippen molar-refractivity contribution in [3.63, 3.8) is 0 Å². The molecule has 0 unspecified atom stereocenters. The molecule has 0 aliphatic rings. The molecule has 0 atom stereocenters. The summed E-state index contributed by atoms with van der Waals surface area (Å²) in [6, 6.07) is 13.6. The highest BCUT2D eigenvalue weighted by Crippen LogP contribution is 2.22. The van der Waals surface area contributed by atoms with E-state index in [1.54, 1.807) is 6.20 Å². The van der Waals surface area contributed by atoms with Crippen LogP contribution in [0.4, 0.5) is 11.6 Å². The largest absolute Gasteiger partial charge is 0.491 e.